The summed E-state index contributed by atoms with van der Waals surface area (Å²) in [5, 5.41) is 4.56. The fourth-order valence-corrected chi connectivity index (χ4v) is 2.58. The summed E-state index contributed by atoms with van der Waals surface area (Å²) in [6.45, 7) is 0. The second-order valence-corrected chi connectivity index (χ2v) is 5.26. The highest BCUT2D eigenvalue weighted by atomic mass is 16.5. The zero-order chi connectivity index (χ0) is 16.4. The van der Waals surface area contributed by atoms with E-state index in [0.29, 0.717) is 11.6 Å². The molecule has 1 aliphatic heterocycles. The lowest BCUT2D eigenvalue weighted by atomic mass is 10.0. The number of amidine groups is 1. The number of nitrogens with one attached hydrogen (secondary N) is 1. The number of hydrogen-bond donors (Lipinski definition) is 1. The van der Waals surface area contributed by atoms with Crippen molar-refractivity contribution in [1.29, 1.82) is 0 Å². The quantitative estimate of drug-likeness (QED) is 0.801. The van der Waals surface area contributed by atoms with Crippen LogP contribution >= 0.6 is 0 Å². The number of para-hydroxylation sites is 1. The van der Waals surface area contributed by atoms with Gasteiger partial charge in [0.05, 0.1) is 24.8 Å². The van der Waals surface area contributed by atoms with E-state index in [-0.39, 0.29) is 0 Å². The Morgan fingerprint density at radius 1 is 0.958 bits per heavy atom. The predicted octanol–water partition coefficient (Wildman–Crippen LogP) is 3.72. The van der Waals surface area contributed by atoms with Crippen molar-refractivity contribution in [2.75, 3.05) is 7.11 Å². The number of nitrogens with zero attached hydrogens (tertiary/aromatic N) is 2. The molecule has 0 spiro atoms. The average Bonchev–Trinajstić information content (AvgIpc) is 3.10. The molecular formula is C19H15N3O2. The minimum Gasteiger partial charge on any atom is -0.497 e. The molecule has 24 heavy (non-hydrogen) atoms. The number of methoxy groups -OCH3 is 1. The molecule has 0 unspecified atom stereocenters. The summed E-state index contributed by atoms with van der Waals surface area (Å²) in [6.07, 6.45) is 1.62. The molecule has 2 heterocycles. The van der Waals surface area contributed by atoms with Crippen LogP contribution in [0.2, 0.25) is 0 Å². The highest BCUT2D eigenvalue weighted by molar-refractivity contribution is 6.17. The summed E-state index contributed by atoms with van der Waals surface area (Å²) in [7, 11) is 1.65. The SMILES string of the molecule is COc1ccc(C2=NNC(c3ccco3)=Nc3ccccc32)cc1. The summed E-state index contributed by atoms with van der Waals surface area (Å²) in [6, 6.07) is 19.4. The zero-order valence-electron chi connectivity index (χ0n) is 13.1. The molecule has 0 saturated carbocycles. The third-order valence-electron chi connectivity index (χ3n) is 3.78. The van der Waals surface area contributed by atoms with E-state index in [0.717, 1.165) is 28.3 Å². The Kier molecular flexibility index (Phi) is 3.59. The van der Waals surface area contributed by atoms with Crippen molar-refractivity contribution < 1.29 is 9.15 Å². The Morgan fingerprint density at radius 3 is 2.54 bits per heavy atom. The Balaban J connectivity index is 1.82. The molecule has 1 aliphatic rings. The first-order valence-electron chi connectivity index (χ1n) is 7.55. The first kappa shape index (κ1) is 14.3. The van der Waals surface area contributed by atoms with E-state index in [2.05, 4.69) is 15.5 Å². The van der Waals surface area contributed by atoms with E-state index >= 15 is 0 Å². The van der Waals surface area contributed by atoms with Crippen LogP contribution in [0.4, 0.5) is 5.69 Å². The first-order valence-corrected chi connectivity index (χ1v) is 7.55. The molecule has 0 aliphatic carbocycles. The molecule has 118 valence electrons. The average molecular weight is 317 g/mol. The van der Waals surface area contributed by atoms with E-state index in [1.807, 2.05) is 60.7 Å². The van der Waals surface area contributed by atoms with E-state index in [1.54, 1.807) is 13.4 Å². The van der Waals surface area contributed by atoms with Crippen molar-refractivity contribution in [2.45, 2.75) is 0 Å². The Bertz CT molecular complexity index is 910. The first-order chi connectivity index (χ1) is 11.8. The van der Waals surface area contributed by atoms with E-state index < -0.39 is 0 Å². The van der Waals surface area contributed by atoms with Gasteiger partial charge >= 0.3 is 0 Å². The van der Waals surface area contributed by atoms with Crippen molar-refractivity contribution in [3.05, 3.63) is 83.8 Å². The maximum atomic E-state index is 5.44. The molecule has 5 heteroatoms. The van der Waals surface area contributed by atoms with Gasteiger partial charge in [-0.25, -0.2) is 4.99 Å². The van der Waals surface area contributed by atoms with Gasteiger partial charge in [0, 0.05) is 11.1 Å². The summed E-state index contributed by atoms with van der Waals surface area (Å²) >= 11 is 0. The van der Waals surface area contributed by atoms with Crippen molar-refractivity contribution >= 4 is 17.2 Å². The van der Waals surface area contributed by atoms with Crippen molar-refractivity contribution in [3.8, 4) is 5.75 Å². The summed E-state index contributed by atoms with van der Waals surface area (Å²) in [4.78, 5) is 4.66. The third kappa shape index (κ3) is 2.56. The number of rotatable bonds is 3. The van der Waals surface area contributed by atoms with Gasteiger partial charge in [0.25, 0.3) is 0 Å². The normalized spacial score (nSPS) is 13.2. The van der Waals surface area contributed by atoms with Crippen LogP contribution in [0.25, 0.3) is 0 Å². The van der Waals surface area contributed by atoms with Crippen molar-refractivity contribution in [3.63, 3.8) is 0 Å². The lowest BCUT2D eigenvalue weighted by Crippen LogP contribution is -2.19. The molecule has 5 nitrogen and oxygen atoms in total. The minimum absolute atomic E-state index is 0.580. The Labute approximate surface area is 139 Å². The van der Waals surface area contributed by atoms with Crippen molar-refractivity contribution in [2.24, 2.45) is 10.1 Å². The molecule has 0 radical (unpaired) electrons. The van der Waals surface area contributed by atoms with Crippen LogP contribution in [-0.4, -0.2) is 18.7 Å². The van der Waals surface area contributed by atoms with Gasteiger partial charge in [-0.1, -0.05) is 18.2 Å². The fourth-order valence-electron chi connectivity index (χ4n) is 2.58. The minimum atomic E-state index is 0.580. The van der Waals surface area contributed by atoms with Gasteiger partial charge in [-0.2, -0.15) is 5.10 Å². The standard InChI is InChI=1S/C19H15N3O2/c1-23-14-10-8-13(9-11-14)18-15-5-2-3-6-16(15)20-19(22-21-18)17-7-4-12-24-17/h2-12H,1H3,(H,20,22). The molecule has 0 amide bonds. The molecule has 2 aromatic carbocycles. The number of furan rings is 1. The van der Waals surface area contributed by atoms with Crippen LogP contribution in [-0.2, 0) is 0 Å². The third-order valence-corrected chi connectivity index (χ3v) is 3.78. The topological polar surface area (TPSA) is 59.1 Å². The Hall–Kier alpha value is -3.34. The molecule has 1 aromatic heterocycles. The largest absolute Gasteiger partial charge is 0.497 e. The molecule has 0 fully saturated rings. The maximum absolute atomic E-state index is 5.44. The van der Waals surface area contributed by atoms with Crippen LogP contribution in [0.15, 0.2) is 81.4 Å². The molecule has 0 atom stereocenters. The van der Waals surface area contributed by atoms with Gasteiger partial charge in [-0.15, -0.1) is 0 Å². The number of benzene rings is 2. The number of hydrazone groups is 1. The Morgan fingerprint density at radius 2 is 1.79 bits per heavy atom. The lowest BCUT2D eigenvalue weighted by molar-refractivity contribution is 0.415. The van der Waals surface area contributed by atoms with E-state index in [9.17, 15) is 0 Å². The second-order valence-electron chi connectivity index (χ2n) is 5.26. The summed E-state index contributed by atoms with van der Waals surface area (Å²) < 4.78 is 10.7. The van der Waals surface area contributed by atoms with Crippen LogP contribution in [0, 0.1) is 0 Å². The molecule has 4 rings (SSSR count). The van der Waals surface area contributed by atoms with Gasteiger partial charge in [-0.3, -0.25) is 5.43 Å². The van der Waals surface area contributed by atoms with Crippen molar-refractivity contribution in [1.82, 2.24) is 5.43 Å². The maximum Gasteiger partial charge on any atom is 0.190 e. The number of hydrogen-bond acceptors (Lipinski definition) is 5. The second kappa shape index (κ2) is 6.04. The molecular weight excluding hydrogens is 302 g/mol. The number of ether oxygens (including phenoxy) is 1. The predicted molar refractivity (Wildman–Crippen MR) is 93.1 cm³/mol. The zero-order valence-corrected chi connectivity index (χ0v) is 13.1. The number of fused-ring (bicyclic) bond motifs is 1. The van der Waals surface area contributed by atoms with Gasteiger partial charge < -0.3 is 9.15 Å². The molecule has 1 N–H and O–H groups in total. The number of aliphatic imine (C=N–C) groups is 1. The highest BCUT2D eigenvalue weighted by Gasteiger charge is 2.17. The van der Waals surface area contributed by atoms with Gasteiger partial charge in [0.2, 0.25) is 0 Å². The fraction of sp³-hybridized carbons (Fsp3) is 0.0526. The van der Waals surface area contributed by atoms with Crippen LogP contribution in [0.1, 0.15) is 16.9 Å². The molecule has 0 bridgehead atoms. The van der Waals surface area contributed by atoms with E-state index in [4.69, 9.17) is 9.15 Å². The monoisotopic (exact) mass is 317 g/mol. The van der Waals surface area contributed by atoms with Crippen LogP contribution in [0.5, 0.6) is 5.75 Å². The molecule has 0 saturated heterocycles. The van der Waals surface area contributed by atoms with Gasteiger partial charge in [-0.05, 0) is 42.5 Å². The van der Waals surface area contributed by atoms with Gasteiger partial charge in [0.15, 0.2) is 11.6 Å². The van der Waals surface area contributed by atoms with Crippen LogP contribution < -0.4 is 10.2 Å². The van der Waals surface area contributed by atoms with E-state index in [1.165, 1.54) is 0 Å². The molecule has 3 aromatic rings. The summed E-state index contributed by atoms with van der Waals surface area (Å²) in [5.74, 6) is 2.03. The highest BCUT2D eigenvalue weighted by Crippen LogP contribution is 2.26. The van der Waals surface area contributed by atoms with Gasteiger partial charge in [0.1, 0.15) is 5.75 Å². The summed E-state index contributed by atoms with van der Waals surface area (Å²) in [5.41, 5.74) is 6.61. The van der Waals surface area contributed by atoms with Crippen LogP contribution in [0.3, 0.4) is 0 Å². The smallest absolute Gasteiger partial charge is 0.190 e. The lowest BCUT2D eigenvalue weighted by Gasteiger charge is -2.08.